The minimum absolute atomic E-state index is 0.280. The second kappa shape index (κ2) is 7.10. The standard InChI is InChI=1S/C14H26N2O2/c17-14(18)6-7-15-8-10-16(11-9-15)12-13-4-2-1-3-5-13/h13H,1-12H2,(H,17,18). The van der Waals surface area contributed by atoms with Crippen molar-refractivity contribution in [1.82, 2.24) is 9.80 Å². The van der Waals surface area contributed by atoms with Crippen LogP contribution in [0.15, 0.2) is 0 Å². The molecule has 0 radical (unpaired) electrons. The van der Waals surface area contributed by atoms with E-state index in [2.05, 4.69) is 9.80 Å². The first-order valence-corrected chi connectivity index (χ1v) is 7.40. The van der Waals surface area contributed by atoms with E-state index in [-0.39, 0.29) is 6.42 Å². The minimum Gasteiger partial charge on any atom is -0.481 e. The number of piperazine rings is 1. The fourth-order valence-electron chi connectivity index (χ4n) is 3.18. The van der Waals surface area contributed by atoms with Crippen molar-refractivity contribution in [2.24, 2.45) is 5.92 Å². The number of nitrogens with zero attached hydrogens (tertiary/aromatic N) is 2. The van der Waals surface area contributed by atoms with Crippen LogP contribution >= 0.6 is 0 Å². The van der Waals surface area contributed by atoms with Crippen LogP contribution in [0.1, 0.15) is 38.5 Å². The Kier molecular flexibility index (Phi) is 5.45. The van der Waals surface area contributed by atoms with Crippen molar-refractivity contribution in [1.29, 1.82) is 0 Å². The summed E-state index contributed by atoms with van der Waals surface area (Å²) in [4.78, 5) is 15.4. The average molecular weight is 254 g/mol. The van der Waals surface area contributed by atoms with Gasteiger partial charge in [0.25, 0.3) is 0 Å². The number of hydrogen-bond acceptors (Lipinski definition) is 3. The van der Waals surface area contributed by atoms with Gasteiger partial charge in [-0.3, -0.25) is 4.79 Å². The van der Waals surface area contributed by atoms with Gasteiger partial charge in [-0.2, -0.15) is 0 Å². The van der Waals surface area contributed by atoms with Crippen LogP contribution in [0.25, 0.3) is 0 Å². The molecule has 0 aromatic heterocycles. The molecular formula is C14H26N2O2. The molecule has 0 atom stereocenters. The molecule has 1 saturated heterocycles. The number of carbonyl (C=O) groups is 1. The molecule has 2 aliphatic rings. The molecule has 0 spiro atoms. The van der Waals surface area contributed by atoms with Crippen LogP contribution in [-0.4, -0.2) is 60.1 Å². The number of carboxylic acids is 1. The summed E-state index contributed by atoms with van der Waals surface area (Å²) >= 11 is 0. The van der Waals surface area contributed by atoms with Crippen LogP contribution in [-0.2, 0) is 4.79 Å². The Labute approximate surface area is 110 Å². The van der Waals surface area contributed by atoms with Crippen LogP contribution in [0.2, 0.25) is 0 Å². The van der Waals surface area contributed by atoms with Crippen molar-refractivity contribution in [3.63, 3.8) is 0 Å². The molecule has 1 N–H and O–H groups in total. The van der Waals surface area contributed by atoms with Gasteiger partial charge in [0, 0.05) is 39.3 Å². The lowest BCUT2D eigenvalue weighted by Crippen LogP contribution is -2.48. The first-order valence-electron chi connectivity index (χ1n) is 7.40. The molecule has 0 unspecified atom stereocenters. The van der Waals surface area contributed by atoms with E-state index in [0.29, 0.717) is 6.54 Å². The number of aliphatic carboxylic acids is 1. The summed E-state index contributed by atoms with van der Waals surface area (Å²) in [7, 11) is 0. The fourth-order valence-corrected chi connectivity index (χ4v) is 3.18. The third kappa shape index (κ3) is 4.58. The average Bonchev–Trinajstić information content (AvgIpc) is 2.39. The number of carboxylic acid groups (broad SMARTS) is 1. The molecule has 1 saturated carbocycles. The van der Waals surface area contributed by atoms with Crippen molar-refractivity contribution in [3.8, 4) is 0 Å². The van der Waals surface area contributed by atoms with E-state index in [9.17, 15) is 4.79 Å². The molecule has 104 valence electrons. The van der Waals surface area contributed by atoms with E-state index >= 15 is 0 Å². The smallest absolute Gasteiger partial charge is 0.304 e. The molecule has 0 bridgehead atoms. The highest BCUT2D eigenvalue weighted by atomic mass is 16.4. The molecule has 2 fully saturated rings. The Morgan fingerprint density at radius 2 is 1.61 bits per heavy atom. The van der Waals surface area contributed by atoms with E-state index < -0.39 is 5.97 Å². The first kappa shape index (κ1) is 13.8. The van der Waals surface area contributed by atoms with Crippen LogP contribution in [0.3, 0.4) is 0 Å². The van der Waals surface area contributed by atoms with Gasteiger partial charge < -0.3 is 14.9 Å². The Bertz CT molecular complexity index is 257. The zero-order chi connectivity index (χ0) is 12.8. The second-order valence-corrected chi connectivity index (χ2v) is 5.79. The number of rotatable bonds is 5. The molecule has 4 nitrogen and oxygen atoms in total. The van der Waals surface area contributed by atoms with Gasteiger partial charge in [0.2, 0.25) is 0 Å². The van der Waals surface area contributed by atoms with Gasteiger partial charge in [-0.25, -0.2) is 0 Å². The lowest BCUT2D eigenvalue weighted by Gasteiger charge is -2.37. The zero-order valence-electron chi connectivity index (χ0n) is 11.3. The monoisotopic (exact) mass is 254 g/mol. The predicted molar refractivity (Wildman–Crippen MR) is 71.7 cm³/mol. The van der Waals surface area contributed by atoms with Crippen molar-refractivity contribution in [2.75, 3.05) is 39.3 Å². The molecule has 1 aliphatic heterocycles. The van der Waals surface area contributed by atoms with Crippen molar-refractivity contribution in [2.45, 2.75) is 38.5 Å². The maximum Gasteiger partial charge on any atom is 0.304 e. The quantitative estimate of drug-likeness (QED) is 0.810. The fraction of sp³-hybridized carbons (Fsp3) is 0.929. The molecule has 0 aromatic carbocycles. The molecule has 2 rings (SSSR count). The highest BCUT2D eigenvalue weighted by Crippen LogP contribution is 2.24. The van der Waals surface area contributed by atoms with Crippen LogP contribution in [0.4, 0.5) is 0 Å². The molecule has 0 aromatic rings. The molecule has 4 heteroatoms. The minimum atomic E-state index is -0.681. The van der Waals surface area contributed by atoms with E-state index in [1.807, 2.05) is 0 Å². The Balaban J connectivity index is 1.62. The van der Waals surface area contributed by atoms with Crippen molar-refractivity contribution in [3.05, 3.63) is 0 Å². The van der Waals surface area contributed by atoms with Gasteiger partial charge in [0.05, 0.1) is 6.42 Å². The molecule has 18 heavy (non-hydrogen) atoms. The third-order valence-corrected chi connectivity index (χ3v) is 4.35. The van der Waals surface area contributed by atoms with Crippen LogP contribution in [0, 0.1) is 5.92 Å². The van der Waals surface area contributed by atoms with Crippen molar-refractivity contribution < 1.29 is 9.90 Å². The van der Waals surface area contributed by atoms with Crippen molar-refractivity contribution >= 4 is 5.97 Å². The highest BCUT2D eigenvalue weighted by molar-refractivity contribution is 5.66. The van der Waals surface area contributed by atoms with Gasteiger partial charge in [-0.1, -0.05) is 19.3 Å². The topological polar surface area (TPSA) is 43.8 Å². The second-order valence-electron chi connectivity index (χ2n) is 5.79. The predicted octanol–water partition coefficient (Wildman–Crippen LogP) is 1.66. The zero-order valence-corrected chi connectivity index (χ0v) is 11.3. The van der Waals surface area contributed by atoms with Crippen LogP contribution in [0.5, 0.6) is 0 Å². The Morgan fingerprint density at radius 1 is 1.00 bits per heavy atom. The van der Waals surface area contributed by atoms with Gasteiger partial charge in [-0.05, 0) is 18.8 Å². The van der Waals surface area contributed by atoms with E-state index in [4.69, 9.17) is 5.11 Å². The van der Waals surface area contributed by atoms with Gasteiger partial charge in [-0.15, -0.1) is 0 Å². The third-order valence-electron chi connectivity index (χ3n) is 4.35. The summed E-state index contributed by atoms with van der Waals surface area (Å²) in [6, 6.07) is 0. The largest absolute Gasteiger partial charge is 0.481 e. The lowest BCUT2D eigenvalue weighted by molar-refractivity contribution is -0.137. The van der Waals surface area contributed by atoms with Crippen LogP contribution < -0.4 is 0 Å². The van der Waals surface area contributed by atoms with Gasteiger partial charge >= 0.3 is 5.97 Å². The molecule has 0 amide bonds. The summed E-state index contributed by atoms with van der Waals surface area (Å²) in [5.41, 5.74) is 0. The summed E-state index contributed by atoms with van der Waals surface area (Å²) in [5.74, 6) is 0.240. The maximum atomic E-state index is 10.5. The van der Waals surface area contributed by atoms with Gasteiger partial charge in [0.1, 0.15) is 0 Å². The SMILES string of the molecule is O=C(O)CCN1CCN(CC2CCCCC2)CC1. The maximum absolute atomic E-state index is 10.5. The normalized spacial score (nSPS) is 24.2. The van der Waals surface area contributed by atoms with E-state index in [0.717, 1.165) is 32.1 Å². The molecule has 1 heterocycles. The first-order chi connectivity index (χ1) is 8.74. The molecular weight excluding hydrogens is 228 g/mol. The summed E-state index contributed by atoms with van der Waals surface area (Å²) in [6.07, 6.45) is 7.38. The summed E-state index contributed by atoms with van der Waals surface area (Å²) < 4.78 is 0. The highest BCUT2D eigenvalue weighted by Gasteiger charge is 2.21. The summed E-state index contributed by atoms with van der Waals surface area (Å²) in [6.45, 7) is 6.31. The lowest BCUT2D eigenvalue weighted by atomic mass is 9.89. The Hall–Kier alpha value is -0.610. The van der Waals surface area contributed by atoms with E-state index in [1.165, 1.54) is 38.6 Å². The number of hydrogen-bond donors (Lipinski definition) is 1. The van der Waals surface area contributed by atoms with Gasteiger partial charge in [0.15, 0.2) is 0 Å². The molecule has 1 aliphatic carbocycles. The Morgan fingerprint density at radius 3 is 2.22 bits per heavy atom. The van der Waals surface area contributed by atoms with E-state index in [1.54, 1.807) is 0 Å². The summed E-state index contributed by atoms with van der Waals surface area (Å²) in [5, 5.41) is 8.68.